The van der Waals surface area contributed by atoms with Crippen LogP contribution in [0, 0.1) is 21.8 Å². The number of benzene rings is 2. The van der Waals surface area contributed by atoms with Crippen LogP contribution in [0.5, 0.6) is 0 Å². The molecule has 1 spiro atoms. The third-order valence-electron chi connectivity index (χ3n) is 7.15. The topological polar surface area (TPSA) is 95.7 Å². The van der Waals surface area contributed by atoms with E-state index in [2.05, 4.69) is 5.32 Å². The molecule has 2 aromatic rings. The van der Waals surface area contributed by atoms with E-state index in [1.165, 1.54) is 25.1 Å². The van der Waals surface area contributed by atoms with Gasteiger partial charge < -0.3 is 10.4 Å². The molecule has 1 aliphatic carbocycles. The van der Waals surface area contributed by atoms with Crippen molar-refractivity contribution in [2.75, 3.05) is 11.9 Å². The van der Waals surface area contributed by atoms with Crippen molar-refractivity contribution in [2.45, 2.75) is 49.4 Å². The number of carbonyl (C=O) groups is 1. The highest BCUT2D eigenvalue weighted by atomic mass is 35.5. The number of nitro groups is 1. The highest BCUT2D eigenvalue weighted by Crippen LogP contribution is 2.59. The van der Waals surface area contributed by atoms with Gasteiger partial charge in [-0.15, -0.1) is 0 Å². The van der Waals surface area contributed by atoms with Gasteiger partial charge in [0.15, 0.2) is 0 Å². The van der Waals surface area contributed by atoms with Crippen molar-refractivity contribution in [1.82, 2.24) is 4.90 Å². The highest BCUT2D eigenvalue weighted by molar-refractivity contribution is 6.31. The number of aliphatic hydroxyl groups excluding tert-OH is 1. The quantitative estimate of drug-likeness (QED) is 0.480. The first-order valence-corrected chi connectivity index (χ1v) is 11.6. The lowest BCUT2D eigenvalue weighted by molar-refractivity contribution is -0.530. The molecule has 1 amide bonds. The molecule has 2 N–H and O–H groups in total. The van der Waals surface area contributed by atoms with Gasteiger partial charge in [-0.3, -0.25) is 19.8 Å². The Kier molecular flexibility index (Phi) is 5.40. The summed E-state index contributed by atoms with van der Waals surface area (Å²) >= 11 is 12.2. The molecule has 33 heavy (non-hydrogen) atoms. The Balaban J connectivity index is 1.85. The van der Waals surface area contributed by atoms with Gasteiger partial charge in [0.2, 0.25) is 6.04 Å². The number of rotatable bonds is 5. The van der Waals surface area contributed by atoms with E-state index >= 15 is 4.39 Å². The van der Waals surface area contributed by atoms with Crippen LogP contribution < -0.4 is 5.32 Å². The summed E-state index contributed by atoms with van der Waals surface area (Å²) in [5, 5.41) is 26.3. The van der Waals surface area contributed by atoms with Gasteiger partial charge in [0.25, 0.3) is 5.91 Å². The average Bonchev–Trinajstić information content (AvgIpc) is 3.45. The van der Waals surface area contributed by atoms with E-state index < -0.39 is 46.3 Å². The summed E-state index contributed by atoms with van der Waals surface area (Å²) in [4.78, 5) is 27.6. The fourth-order valence-corrected chi connectivity index (χ4v) is 6.09. The molecule has 2 fully saturated rings. The number of anilines is 1. The van der Waals surface area contributed by atoms with Crippen molar-refractivity contribution in [2.24, 2.45) is 5.92 Å². The number of carbonyl (C=O) groups excluding carboxylic acids is 1. The second kappa shape index (κ2) is 7.91. The largest absolute Gasteiger partial charge is 0.392 e. The Labute approximate surface area is 199 Å². The summed E-state index contributed by atoms with van der Waals surface area (Å²) in [6.45, 7) is 1.84. The molecule has 1 saturated heterocycles. The van der Waals surface area contributed by atoms with Crippen molar-refractivity contribution in [1.29, 1.82) is 0 Å². The number of hydrogen-bond acceptors (Lipinski definition) is 5. The minimum Gasteiger partial charge on any atom is -0.392 e. The zero-order chi connectivity index (χ0) is 23.7. The first-order chi connectivity index (χ1) is 15.7. The predicted octanol–water partition coefficient (Wildman–Crippen LogP) is 4.18. The molecule has 1 unspecified atom stereocenters. The highest BCUT2D eigenvalue weighted by Gasteiger charge is 2.72. The zero-order valence-electron chi connectivity index (χ0n) is 17.7. The molecule has 1 saturated carbocycles. The van der Waals surface area contributed by atoms with Crippen LogP contribution in [0.15, 0.2) is 36.4 Å². The summed E-state index contributed by atoms with van der Waals surface area (Å²) in [5.74, 6) is -2.29. The first kappa shape index (κ1) is 22.5. The first-order valence-electron chi connectivity index (χ1n) is 10.8. The molecule has 0 aromatic heterocycles. The molecule has 0 radical (unpaired) electrons. The Morgan fingerprint density at radius 2 is 2.06 bits per heavy atom. The van der Waals surface area contributed by atoms with Crippen LogP contribution in [0.25, 0.3) is 0 Å². The van der Waals surface area contributed by atoms with E-state index in [0.717, 1.165) is 12.8 Å². The molecule has 10 heteroatoms. The summed E-state index contributed by atoms with van der Waals surface area (Å²) in [5.41, 5.74) is -0.718. The van der Waals surface area contributed by atoms with Crippen molar-refractivity contribution >= 4 is 34.8 Å². The minimum atomic E-state index is -1.60. The Hall–Kier alpha value is -2.26. The standard InChI is InChI=1S/C23H22Cl2FN3O4/c1-11(30)20-21(29(32)33)18(14-3-2-4-16(25)19(14)26)23(28(20)10-12-5-6-12)15-8-7-13(24)9-17(15)27-22(23)31/h2-4,7-9,11-12,18,20-21,30H,5-6,10H2,1H3,(H,27,31)/t11-,18-,20?,21-,23+/m1/s1. The van der Waals surface area contributed by atoms with Crippen LogP contribution in [-0.2, 0) is 10.3 Å². The lowest BCUT2D eigenvalue weighted by atomic mass is 9.73. The number of fused-ring (bicyclic) bond motifs is 2. The SMILES string of the molecule is C[C@@H](O)C1[C@H]([N+](=O)[O-])[C@@H](c2cccc(Cl)c2F)[C@@]2(C(=O)Nc3cc(Cl)ccc32)N1CC1CC1. The van der Waals surface area contributed by atoms with Crippen molar-refractivity contribution in [3.8, 4) is 0 Å². The van der Waals surface area contributed by atoms with Crippen LogP contribution >= 0.6 is 23.2 Å². The van der Waals surface area contributed by atoms with Crippen molar-refractivity contribution in [3.63, 3.8) is 0 Å². The van der Waals surface area contributed by atoms with Crippen molar-refractivity contribution < 1.29 is 19.2 Å². The molecular formula is C23H22Cl2FN3O4. The molecule has 2 heterocycles. The third kappa shape index (κ3) is 3.26. The van der Waals surface area contributed by atoms with E-state index in [4.69, 9.17) is 23.2 Å². The van der Waals surface area contributed by atoms with Crippen LogP contribution in [0.2, 0.25) is 10.0 Å². The zero-order valence-corrected chi connectivity index (χ0v) is 19.2. The lowest BCUT2D eigenvalue weighted by Crippen LogP contribution is -2.54. The van der Waals surface area contributed by atoms with E-state index in [1.807, 2.05) is 0 Å². The average molecular weight is 494 g/mol. The summed E-state index contributed by atoms with van der Waals surface area (Å²) in [7, 11) is 0. The van der Waals surface area contributed by atoms with Crippen LogP contribution in [0.4, 0.5) is 10.1 Å². The second-order valence-electron chi connectivity index (χ2n) is 9.13. The van der Waals surface area contributed by atoms with E-state index in [-0.39, 0.29) is 16.5 Å². The van der Waals surface area contributed by atoms with E-state index in [0.29, 0.717) is 22.8 Å². The molecule has 2 aromatic carbocycles. The number of amides is 1. The van der Waals surface area contributed by atoms with E-state index in [1.54, 1.807) is 23.1 Å². The maximum atomic E-state index is 15.4. The monoisotopic (exact) mass is 493 g/mol. The number of nitrogens with one attached hydrogen (secondary N) is 1. The second-order valence-corrected chi connectivity index (χ2v) is 9.98. The number of likely N-dealkylation sites (tertiary alicyclic amines) is 1. The molecule has 7 nitrogen and oxygen atoms in total. The number of aliphatic hydroxyl groups is 1. The van der Waals surface area contributed by atoms with Gasteiger partial charge in [0, 0.05) is 33.3 Å². The smallest absolute Gasteiger partial charge is 0.250 e. The van der Waals surface area contributed by atoms with E-state index in [9.17, 15) is 20.0 Å². The molecule has 174 valence electrons. The van der Waals surface area contributed by atoms with Gasteiger partial charge in [0.05, 0.1) is 17.0 Å². The normalized spacial score (nSPS) is 29.8. The van der Waals surface area contributed by atoms with Gasteiger partial charge >= 0.3 is 0 Å². The van der Waals surface area contributed by atoms with Gasteiger partial charge in [-0.2, -0.15) is 0 Å². The number of hydrogen-bond donors (Lipinski definition) is 2. The molecule has 3 aliphatic rings. The molecular weight excluding hydrogens is 472 g/mol. The summed E-state index contributed by atoms with van der Waals surface area (Å²) in [6.07, 6.45) is 0.702. The third-order valence-corrected chi connectivity index (χ3v) is 7.67. The summed E-state index contributed by atoms with van der Waals surface area (Å²) < 4.78 is 15.4. The minimum absolute atomic E-state index is 0.0221. The van der Waals surface area contributed by atoms with Gasteiger partial charge in [-0.05, 0) is 43.9 Å². The molecule has 0 bridgehead atoms. The van der Waals surface area contributed by atoms with Crippen LogP contribution in [-0.4, -0.2) is 45.6 Å². The maximum Gasteiger partial charge on any atom is 0.250 e. The van der Waals surface area contributed by atoms with Gasteiger partial charge in [-0.1, -0.05) is 41.4 Å². The number of nitrogens with zero attached hydrogens (tertiary/aromatic N) is 2. The fourth-order valence-electron chi connectivity index (χ4n) is 5.73. The molecule has 5 rings (SSSR count). The summed E-state index contributed by atoms with van der Waals surface area (Å²) in [6, 6.07) is 6.70. The van der Waals surface area contributed by atoms with Gasteiger partial charge in [-0.25, -0.2) is 4.39 Å². The molecule has 5 atom stereocenters. The molecule has 2 aliphatic heterocycles. The van der Waals surface area contributed by atoms with Crippen LogP contribution in [0.3, 0.4) is 0 Å². The van der Waals surface area contributed by atoms with Crippen molar-refractivity contribution in [3.05, 3.63) is 73.5 Å². The Morgan fingerprint density at radius 3 is 2.70 bits per heavy atom. The Morgan fingerprint density at radius 1 is 1.33 bits per heavy atom. The predicted molar refractivity (Wildman–Crippen MR) is 122 cm³/mol. The number of halogens is 3. The van der Waals surface area contributed by atoms with Crippen LogP contribution in [0.1, 0.15) is 36.8 Å². The van der Waals surface area contributed by atoms with Gasteiger partial charge in [0.1, 0.15) is 17.4 Å². The fraction of sp³-hybridized carbons (Fsp3) is 0.435. The maximum absolute atomic E-state index is 15.4. The lowest BCUT2D eigenvalue weighted by Gasteiger charge is -2.39. The Bertz CT molecular complexity index is 1160.